The van der Waals surface area contributed by atoms with Crippen LogP contribution in [-0.2, 0) is 4.74 Å². The summed E-state index contributed by atoms with van der Waals surface area (Å²) >= 11 is 3.31. The molecule has 1 rings (SSSR count). The van der Waals surface area contributed by atoms with Crippen molar-refractivity contribution in [2.24, 2.45) is 0 Å². The van der Waals surface area contributed by atoms with Gasteiger partial charge in [-0.25, -0.2) is 0 Å². The lowest BCUT2D eigenvalue weighted by atomic mass is 10.1. The lowest BCUT2D eigenvalue weighted by molar-refractivity contribution is 0.369. The van der Waals surface area contributed by atoms with Crippen molar-refractivity contribution in [2.45, 2.75) is 0 Å². The van der Waals surface area contributed by atoms with Gasteiger partial charge in [-0.3, -0.25) is 0 Å². The summed E-state index contributed by atoms with van der Waals surface area (Å²) in [6.07, 6.45) is 0. The summed E-state index contributed by atoms with van der Waals surface area (Å²) in [6, 6.07) is 10.8. The van der Waals surface area contributed by atoms with Gasteiger partial charge in [0, 0.05) is 10.0 Å². The SMILES string of the molecule is COC(=C(C#N)C#N)c1cccc(Br)c1. The second kappa shape index (κ2) is 5.19. The highest BCUT2D eigenvalue weighted by molar-refractivity contribution is 9.10. The van der Waals surface area contributed by atoms with Gasteiger partial charge in [-0.1, -0.05) is 28.1 Å². The molecule has 0 unspecified atom stereocenters. The molecule has 0 aliphatic rings. The van der Waals surface area contributed by atoms with E-state index in [9.17, 15) is 0 Å². The van der Waals surface area contributed by atoms with Gasteiger partial charge in [-0.15, -0.1) is 0 Å². The van der Waals surface area contributed by atoms with Crippen LogP contribution >= 0.6 is 15.9 Å². The zero-order valence-electron chi connectivity index (χ0n) is 7.99. The molecule has 0 aliphatic heterocycles. The maximum absolute atomic E-state index is 8.74. The summed E-state index contributed by atoms with van der Waals surface area (Å²) in [7, 11) is 1.44. The second-order valence-corrected chi connectivity index (χ2v) is 3.56. The molecule has 0 N–H and O–H groups in total. The van der Waals surface area contributed by atoms with E-state index in [1.165, 1.54) is 7.11 Å². The van der Waals surface area contributed by atoms with E-state index in [1.54, 1.807) is 24.3 Å². The summed E-state index contributed by atoms with van der Waals surface area (Å²) in [5.74, 6) is 0.293. The first-order valence-electron chi connectivity index (χ1n) is 4.07. The predicted molar refractivity (Wildman–Crippen MR) is 59.3 cm³/mol. The van der Waals surface area contributed by atoms with E-state index in [-0.39, 0.29) is 5.57 Å². The number of halogens is 1. The number of benzene rings is 1. The number of hydrogen-bond acceptors (Lipinski definition) is 3. The lowest BCUT2D eigenvalue weighted by Crippen LogP contribution is -1.91. The number of allylic oxidation sites excluding steroid dienone is 1. The van der Waals surface area contributed by atoms with Crippen molar-refractivity contribution in [3.05, 3.63) is 39.9 Å². The Bertz CT molecular complexity index is 464. The summed E-state index contributed by atoms with van der Waals surface area (Å²) in [6.45, 7) is 0. The van der Waals surface area contributed by atoms with Crippen LogP contribution in [-0.4, -0.2) is 7.11 Å². The van der Waals surface area contributed by atoms with Crippen LogP contribution in [0.2, 0.25) is 0 Å². The van der Waals surface area contributed by atoms with Crippen molar-refractivity contribution in [3.8, 4) is 12.1 Å². The Balaban J connectivity index is 3.33. The van der Waals surface area contributed by atoms with Gasteiger partial charge in [0.05, 0.1) is 7.11 Å². The monoisotopic (exact) mass is 262 g/mol. The number of nitriles is 2. The van der Waals surface area contributed by atoms with Gasteiger partial charge in [0.2, 0.25) is 0 Å². The minimum absolute atomic E-state index is 0.0319. The molecule has 1 aromatic carbocycles. The Hall–Kier alpha value is -1.78. The van der Waals surface area contributed by atoms with Gasteiger partial charge in [-0.2, -0.15) is 10.5 Å². The molecule has 0 atom stereocenters. The Kier molecular flexibility index (Phi) is 3.91. The van der Waals surface area contributed by atoms with Crippen molar-refractivity contribution >= 4 is 21.7 Å². The van der Waals surface area contributed by atoms with Crippen molar-refractivity contribution in [1.82, 2.24) is 0 Å². The first kappa shape index (κ1) is 11.3. The summed E-state index contributed by atoms with van der Waals surface area (Å²) in [5, 5.41) is 17.5. The Morgan fingerprint density at radius 1 is 1.33 bits per heavy atom. The van der Waals surface area contributed by atoms with E-state index in [0.29, 0.717) is 11.3 Å². The molecule has 0 aliphatic carbocycles. The first-order chi connectivity index (χ1) is 7.22. The fourth-order valence-corrected chi connectivity index (χ4v) is 1.52. The van der Waals surface area contributed by atoms with E-state index >= 15 is 0 Å². The molecule has 0 radical (unpaired) electrons. The van der Waals surface area contributed by atoms with Gasteiger partial charge in [0.25, 0.3) is 0 Å². The molecular formula is C11H7BrN2O. The summed E-state index contributed by atoms with van der Waals surface area (Å²) in [4.78, 5) is 0. The van der Waals surface area contributed by atoms with E-state index in [1.807, 2.05) is 12.1 Å². The van der Waals surface area contributed by atoms with Crippen LogP contribution in [0.1, 0.15) is 5.56 Å². The normalized spacial score (nSPS) is 8.53. The van der Waals surface area contributed by atoms with E-state index in [0.717, 1.165) is 4.47 Å². The Morgan fingerprint density at radius 2 is 2.00 bits per heavy atom. The van der Waals surface area contributed by atoms with Gasteiger partial charge in [-0.05, 0) is 12.1 Å². The van der Waals surface area contributed by atoms with Crippen LogP contribution in [0.5, 0.6) is 0 Å². The van der Waals surface area contributed by atoms with Crippen LogP contribution in [0.4, 0.5) is 0 Å². The van der Waals surface area contributed by atoms with Crippen molar-refractivity contribution in [2.75, 3.05) is 7.11 Å². The van der Waals surface area contributed by atoms with Gasteiger partial charge < -0.3 is 4.74 Å². The summed E-state index contributed by atoms with van der Waals surface area (Å²) in [5.41, 5.74) is 0.667. The van der Waals surface area contributed by atoms with Crippen molar-refractivity contribution < 1.29 is 4.74 Å². The van der Waals surface area contributed by atoms with Crippen molar-refractivity contribution in [1.29, 1.82) is 10.5 Å². The second-order valence-electron chi connectivity index (χ2n) is 2.64. The maximum Gasteiger partial charge on any atom is 0.172 e. The predicted octanol–water partition coefficient (Wildman–Crippen LogP) is 2.85. The zero-order valence-corrected chi connectivity index (χ0v) is 9.58. The molecule has 0 saturated carbocycles. The van der Waals surface area contributed by atoms with Crippen LogP contribution in [0.15, 0.2) is 34.3 Å². The first-order valence-corrected chi connectivity index (χ1v) is 4.86. The molecule has 15 heavy (non-hydrogen) atoms. The molecular weight excluding hydrogens is 256 g/mol. The molecule has 74 valence electrons. The smallest absolute Gasteiger partial charge is 0.172 e. The molecule has 0 bridgehead atoms. The molecule has 0 saturated heterocycles. The molecule has 3 nitrogen and oxygen atoms in total. The quantitative estimate of drug-likeness (QED) is 0.609. The Morgan fingerprint density at radius 3 is 2.47 bits per heavy atom. The highest BCUT2D eigenvalue weighted by Gasteiger charge is 2.09. The van der Waals surface area contributed by atoms with Crippen LogP contribution in [0.25, 0.3) is 5.76 Å². The van der Waals surface area contributed by atoms with E-state index in [2.05, 4.69) is 15.9 Å². The minimum atomic E-state index is -0.0319. The highest BCUT2D eigenvalue weighted by atomic mass is 79.9. The number of nitrogens with zero attached hydrogens (tertiary/aromatic N) is 2. The lowest BCUT2D eigenvalue weighted by Gasteiger charge is -2.06. The fraction of sp³-hybridized carbons (Fsp3) is 0.0909. The molecule has 0 amide bonds. The number of methoxy groups -OCH3 is 1. The fourth-order valence-electron chi connectivity index (χ4n) is 1.12. The summed E-state index contributed by atoms with van der Waals surface area (Å²) < 4.78 is 5.91. The van der Waals surface area contributed by atoms with Gasteiger partial charge in [0.1, 0.15) is 12.1 Å². The third-order valence-electron chi connectivity index (χ3n) is 1.74. The molecule has 0 fully saturated rings. The average Bonchev–Trinajstić information content (AvgIpc) is 2.25. The molecule has 0 heterocycles. The third kappa shape index (κ3) is 2.59. The van der Waals surface area contributed by atoms with Gasteiger partial charge >= 0.3 is 0 Å². The minimum Gasteiger partial charge on any atom is -0.494 e. The van der Waals surface area contributed by atoms with E-state index < -0.39 is 0 Å². The van der Waals surface area contributed by atoms with Gasteiger partial charge in [0.15, 0.2) is 11.3 Å². The standard InChI is InChI=1S/C11H7BrN2O/c1-15-11(9(6-13)7-14)8-3-2-4-10(12)5-8/h2-5H,1H3. The molecule has 0 aromatic heterocycles. The van der Waals surface area contributed by atoms with Crippen LogP contribution in [0, 0.1) is 22.7 Å². The Labute approximate surface area is 96.3 Å². The number of hydrogen-bond donors (Lipinski definition) is 0. The molecule has 0 spiro atoms. The third-order valence-corrected chi connectivity index (χ3v) is 2.23. The van der Waals surface area contributed by atoms with Crippen LogP contribution in [0.3, 0.4) is 0 Å². The number of ether oxygens (including phenoxy) is 1. The zero-order chi connectivity index (χ0) is 11.3. The number of rotatable bonds is 2. The van der Waals surface area contributed by atoms with Crippen molar-refractivity contribution in [3.63, 3.8) is 0 Å². The average molecular weight is 263 g/mol. The highest BCUT2D eigenvalue weighted by Crippen LogP contribution is 2.22. The van der Waals surface area contributed by atoms with Crippen LogP contribution < -0.4 is 0 Å². The molecule has 4 heteroatoms. The topological polar surface area (TPSA) is 56.8 Å². The largest absolute Gasteiger partial charge is 0.494 e. The van der Waals surface area contributed by atoms with E-state index in [4.69, 9.17) is 15.3 Å². The molecule has 1 aromatic rings. The maximum atomic E-state index is 8.74.